The molecule has 18 heavy (non-hydrogen) atoms. The standard InChI is InChI=1S/C13H15BrN2OS/c14-11-6-10-12(18-11)13(17)15-8-16(10)7-9-4-2-1-3-5-9/h6,8-9H,1-5,7H2. The number of aromatic nitrogens is 2. The maximum absolute atomic E-state index is 11.7. The summed E-state index contributed by atoms with van der Waals surface area (Å²) in [5.74, 6) is 0.741. The Balaban J connectivity index is 1.96. The Morgan fingerprint density at radius 3 is 2.94 bits per heavy atom. The van der Waals surface area contributed by atoms with Crippen LogP contribution in [0.2, 0.25) is 0 Å². The van der Waals surface area contributed by atoms with Gasteiger partial charge in [0.1, 0.15) is 4.70 Å². The van der Waals surface area contributed by atoms with Crippen molar-refractivity contribution in [2.24, 2.45) is 5.92 Å². The topological polar surface area (TPSA) is 34.9 Å². The molecule has 2 aromatic heterocycles. The lowest BCUT2D eigenvalue weighted by atomic mass is 9.89. The van der Waals surface area contributed by atoms with Crippen LogP contribution >= 0.6 is 27.3 Å². The zero-order valence-corrected chi connectivity index (χ0v) is 12.5. The van der Waals surface area contributed by atoms with E-state index in [2.05, 4.69) is 25.5 Å². The van der Waals surface area contributed by atoms with Crippen LogP contribution in [0.4, 0.5) is 0 Å². The maximum Gasteiger partial charge on any atom is 0.290 e. The number of thiophene rings is 1. The van der Waals surface area contributed by atoms with Crippen LogP contribution in [0.25, 0.3) is 10.2 Å². The van der Waals surface area contributed by atoms with Crippen LogP contribution < -0.4 is 5.56 Å². The maximum atomic E-state index is 11.7. The van der Waals surface area contributed by atoms with Gasteiger partial charge in [-0.2, -0.15) is 4.98 Å². The van der Waals surface area contributed by atoms with Gasteiger partial charge in [0.05, 0.1) is 15.6 Å². The van der Waals surface area contributed by atoms with Crippen molar-refractivity contribution in [2.45, 2.75) is 38.6 Å². The van der Waals surface area contributed by atoms with Crippen molar-refractivity contribution in [2.75, 3.05) is 0 Å². The van der Waals surface area contributed by atoms with Crippen LogP contribution in [0.5, 0.6) is 0 Å². The third kappa shape index (κ3) is 2.38. The number of fused-ring (bicyclic) bond motifs is 1. The molecule has 0 radical (unpaired) electrons. The molecule has 2 heterocycles. The molecule has 3 nitrogen and oxygen atoms in total. The minimum absolute atomic E-state index is 0.111. The first-order chi connectivity index (χ1) is 8.74. The number of halogens is 1. The van der Waals surface area contributed by atoms with E-state index in [4.69, 9.17) is 0 Å². The average Bonchev–Trinajstić information content (AvgIpc) is 2.77. The highest BCUT2D eigenvalue weighted by Crippen LogP contribution is 2.29. The molecule has 0 amide bonds. The van der Waals surface area contributed by atoms with E-state index in [1.54, 1.807) is 6.33 Å². The van der Waals surface area contributed by atoms with Gasteiger partial charge in [0.15, 0.2) is 0 Å². The average molecular weight is 327 g/mol. The highest BCUT2D eigenvalue weighted by atomic mass is 79.9. The van der Waals surface area contributed by atoms with Crippen molar-refractivity contribution in [3.05, 3.63) is 26.5 Å². The molecule has 0 saturated heterocycles. The molecule has 1 saturated carbocycles. The molecular weight excluding hydrogens is 312 g/mol. The first-order valence-electron chi connectivity index (χ1n) is 6.38. The second-order valence-electron chi connectivity index (χ2n) is 4.97. The molecule has 0 aromatic carbocycles. The lowest BCUT2D eigenvalue weighted by Crippen LogP contribution is -2.17. The van der Waals surface area contributed by atoms with Crippen molar-refractivity contribution in [1.82, 2.24) is 9.55 Å². The van der Waals surface area contributed by atoms with E-state index in [0.29, 0.717) is 0 Å². The van der Waals surface area contributed by atoms with Crippen LogP contribution in [-0.2, 0) is 6.54 Å². The second-order valence-corrected chi connectivity index (χ2v) is 7.40. The molecule has 0 unspecified atom stereocenters. The largest absolute Gasteiger partial charge is 0.331 e. The molecule has 5 heteroatoms. The lowest BCUT2D eigenvalue weighted by molar-refractivity contribution is 0.321. The molecule has 1 fully saturated rings. The summed E-state index contributed by atoms with van der Waals surface area (Å²) in [7, 11) is 0. The fourth-order valence-corrected chi connectivity index (χ4v) is 4.24. The molecule has 2 aromatic rings. The fraction of sp³-hybridized carbons (Fsp3) is 0.538. The van der Waals surface area contributed by atoms with Crippen molar-refractivity contribution in [1.29, 1.82) is 0 Å². The molecule has 0 N–H and O–H groups in total. The number of rotatable bonds is 2. The summed E-state index contributed by atoms with van der Waals surface area (Å²) in [6.45, 7) is 0.993. The van der Waals surface area contributed by atoms with E-state index in [0.717, 1.165) is 26.5 Å². The van der Waals surface area contributed by atoms with Gasteiger partial charge in [-0.05, 0) is 40.8 Å². The summed E-state index contributed by atoms with van der Waals surface area (Å²) in [5, 5.41) is 0. The molecule has 1 aliphatic rings. The minimum atomic E-state index is -0.111. The van der Waals surface area contributed by atoms with E-state index in [1.807, 2.05) is 6.07 Å². The molecule has 0 aliphatic heterocycles. The molecule has 3 rings (SSSR count). The van der Waals surface area contributed by atoms with Gasteiger partial charge in [0, 0.05) is 6.54 Å². The third-order valence-electron chi connectivity index (χ3n) is 3.68. The molecule has 96 valence electrons. The van der Waals surface area contributed by atoms with E-state index in [1.165, 1.54) is 43.4 Å². The number of hydrogen-bond acceptors (Lipinski definition) is 3. The van der Waals surface area contributed by atoms with Crippen LogP contribution in [0.1, 0.15) is 32.1 Å². The van der Waals surface area contributed by atoms with Gasteiger partial charge in [-0.3, -0.25) is 4.79 Å². The SMILES string of the molecule is O=c1ncn(CC2CCCCC2)c2cc(Br)sc12. The molecule has 0 atom stereocenters. The molecule has 0 bridgehead atoms. The van der Waals surface area contributed by atoms with Gasteiger partial charge in [-0.1, -0.05) is 19.3 Å². The van der Waals surface area contributed by atoms with Crippen LogP contribution in [0.15, 0.2) is 21.0 Å². The van der Waals surface area contributed by atoms with Gasteiger partial charge in [-0.15, -0.1) is 11.3 Å². The Morgan fingerprint density at radius 2 is 2.17 bits per heavy atom. The molecular formula is C13H15BrN2OS. The summed E-state index contributed by atoms with van der Waals surface area (Å²) in [5.41, 5.74) is 0.915. The zero-order valence-electron chi connectivity index (χ0n) is 10.1. The monoisotopic (exact) mass is 326 g/mol. The summed E-state index contributed by atoms with van der Waals surface area (Å²) in [4.78, 5) is 15.7. The number of hydrogen-bond donors (Lipinski definition) is 0. The third-order valence-corrected chi connectivity index (χ3v) is 5.30. The lowest BCUT2D eigenvalue weighted by Gasteiger charge is -2.22. The van der Waals surface area contributed by atoms with Crippen LogP contribution in [0, 0.1) is 5.92 Å². The van der Waals surface area contributed by atoms with Crippen molar-refractivity contribution in [3.8, 4) is 0 Å². The predicted molar refractivity (Wildman–Crippen MR) is 78.2 cm³/mol. The Kier molecular flexibility index (Phi) is 3.52. The summed E-state index contributed by atoms with van der Waals surface area (Å²) in [6.07, 6.45) is 8.37. The normalized spacial score (nSPS) is 17.4. The fourth-order valence-electron chi connectivity index (χ4n) is 2.76. The van der Waals surface area contributed by atoms with Crippen molar-refractivity contribution >= 4 is 37.5 Å². The van der Waals surface area contributed by atoms with Crippen molar-refractivity contribution in [3.63, 3.8) is 0 Å². The van der Waals surface area contributed by atoms with E-state index >= 15 is 0 Å². The summed E-state index contributed by atoms with van der Waals surface area (Å²) in [6, 6.07) is 2.03. The van der Waals surface area contributed by atoms with Gasteiger partial charge < -0.3 is 4.57 Å². The zero-order chi connectivity index (χ0) is 12.5. The highest BCUT2D eigenvalue weighted by molar-refractivity contribution is 9.11. The molecule has 1 aliphatic carbocycles. The first-order valence-corrected chi connectivity index (χ1v) is 7.99. The summed E-state index contributed by atoms with van der Waals surface area (Å²) >= 11 is 4.93. The van der Waals surface area contributed by atoms with Gasteiger partial charge >= 0.3 is 0 Å². The highest BCUT2D eigenvalue weighted by Gasteiger charge is 2.16. The Hall–Kier alpha value is -0.680. The van der Waals surface area contributed by atoms with Crippen LogP contribution in [0.3, 0.4) is 0 Å². The smallest absolute Gasteiger partial charge is 0.290 e. The van der Waals surface area contributed by atoms with Gasteiger partial charge in [0.2, 0.25) is 0 Å². The minimum Gasteiger partial charge on any atom is -0.331 e. The second kappa shape index (κ2) is 5.13. The van der Waals surface area contributed by atoms with Gasteiger partial charge in [0.25, 0.3) is 5.56 Å². The van der Waals surface area contributed by atoms with E-state index in [9.17, 15) is 4.79 Å². The molecule has 0 spiro atoms. The van der Waals surface area contributed by atoms with E-state index < -0.39 is 0 Å². The van der Waals surface area contributed by atoms with Crippen molar-refractivity contribution < 1.29 is 0 Å². The first kappa shape index (κ1) is 12.4. The van der Waals surface area contributed by atoms with E-state index in [-0.39, 0.29) is 5.56 Å². The summed E-state index contributed by atoms with van der Waals surface area (Å²) < 4.78 is 3.91. The van der Waals surface area contributed by atoms with Crippen LogP contribution in [-0.4, -0.2) is 9.55 Å². The Bertz CT molecular complexity index is 613. The van der Waals surface area contributed by atoms with Gasteiger partial charge in [-0.25, -0.2) is 0 Å². The quantitative estimate of drug-likeness (QED) is 0.841. The Morgan fingerprint density at radius 1 is 1.39 bits per heavy atom. The Labute approximate surface area is 118 Å². The predicted octanol–water partition coefficient (Wildman–Crippen LogP) is 3.80. The number of nitrogens with zero attached hydrogens (tertiary/aromatic N) is 2.